The van der Waals surface area contributed by atoms with Crippen LogP contribution in [0, 0.1) is 6.92 Å². The van der Waals surface area contributed by atoms with E-state index in [9.17, 15) is 26.1 Å². The van der Waals surface area contributed by atoms with E-state index in [1.165, 1.54) is 6.92 Å². The number of rotatable bonds is 4. The Morgan fingerprint density at radius 2 is 1.78 bits per heavy atom. The highest BCUT2D eigenvalue weighted by atomic mass is 19.4. The summed E-state index contributed by atoms with van der Waals surface area (Å²) in [4.78, 5) is 0. The number of ether oxygens (including phenoxy) is 1. The van der Waals surface area contributed by atoms with Gasteiger partial charge in [0.25, 0.3) is 0 Å². The van der Waals surface area contributed by atoms with Crippen molar-refractivity contribution in [1.82, 2.24) is 0 Å². The van der Waals surface area contributed by atoms with Crippen LogP contribution >= 0.6 is 0 Å². The summed E-state index contributed by atoms with van der Waals surface area (Å²) < 4.78 is 77.5. The summed E-state index contributed by atoms with van der Waals surface area (Å²) in [7, 11) is 0. The van der Waals surface area contributed by atoms with E-state index in [1.807, 2.05) is 0 Å². The molecule has 0 saturated heterocycles. The minimum Gasteiger partial charge on any atom is -0.493 e. The first-order valence-electron chi connectivity index (χ1n) is 5.09. The first-order valence-corrected chi connectivity index (χ1v) is 5.09. The van der Waals surface area contributed by atoms with Gasteiger partial charge in [-0.05, 0) is 18.6 Å². The van der Waals surface area contributed by atoms with Crippen LogP contribution in [0.4, 0.5) is 26.1 Å². The lowest BCUT2D eigenvalue weighted by Gasteiger charge is -2.17. The maximum Gasteiger partial charge on any atom is 0.509 e. The Bertz CT molecular complexity index is 412. The first-order chi connectivity index (χ1) is 8.09. The highest BCUT2D eigenvalue weighted by Crippen LogP contribution is 2.22. The molecule has 0 bridgehead atoms. The third-order valence-corrected chi connectivity index (χ3v) is 2.22. The van der Waals surface area contributed by atoms with E-state index in [2.05, 4.69) is 0 Å². The van der Waals surface area contributed by atoms with Gasteiger partial charge in [-0.15, -0.1) is 5.46 Å². The molecule has 1 aromatic rings. The molecule has 1 nitrogen and oxygen atoms in total. The summed E-state index contributed by atoms with van der Waals surface area (Å²) >= 11 is 0. The number of aryl methyl sites for hydroxylation is 1. The van der Waals surface area contributed by atoms with Crippen LogP contribution in [0.3, 0.4) is 0 Å². The zero-order valence-corrected chi connectivity index (χ0v) is 9.40. The molecule has 0 aliphatic heterocycles. The fourth-order valence-electron chi connectivity index (χ4n) is 1.31. The Morgan fingerprint density at radius 1 is 1.17 bits per heavy atom. The molecular weight excluding hydrogens is 261 g/mol. The number of alkyl halides is 3. The van der Waals surface area contributed by atoms with Crippen molar-refractivity contribution in [2.45, 2.75) is 19.5 Å². The van der Waals surface area contributed by atoms with Gasteiger partial charge in [-0.25, -0.2) is 0 Å². The molecule has 102 valence electrons. The number of hydrogen-bond acceptors (Lipinski definition) is 1. The molecule has 0 heterocycles. The van der Waals surface area contributed by atoms with Crippen molar-refractivity contribution in [3.63, 3.8) is 0 Å². The molecule has 0 unspecified atom stereocenters. The molecule has 18 heavy (non-hydrogen) atoms. The highest BCUT2D eigenvalue weighted by Gasteiger charge is 2.28. The smallest absolute Gasteiger partial charge is 0.493 e. The molecule has 0 aromatic heterocycles. The third-order valence-electron chi connectivity index (χ3n) is 2.22. The van der Waals surface area contributed by atoms with Gasteiger partial charge in [0.05, 0.1) is 13.0 Å². The maximum absolute atomic E-state index is 12.4. The molecular formula is C10H10BF6O-. The number of halogens is 6. The first kappa shape index (κ1) is 14.7. The summed E-state index contributed by atoms with van der Waals surface area (Å²) in [6.07, 6.45) is -5.49. The highest BCUT2D eigenvalue weighted by molar-refractivity contribution is 6.73. The molecule has 0 aliphatic carbocycles. The van der Waals surface area contributed by atoms with Crippen molar-refractivity contribution < 1.29 is 30.9 Å². The fraction of sp³-hybridized carbons (Fsp3) is 0.400. The van der Waals surface area contributed by atoms with Crippen molar-refractivity contribution >= 4 is 12.4 Å². The van der Waals surface area contributed by atoms with Crippen LogP contribution in [0.25, 0.3) is 0 Å². The normalized spacial score (nSPS) is 12.6. The van der Waals surface area contributed by atoms with Crippen LogP contribution in [0.5, 0.6) is 5.75 Å². The number of hydrogen-bond donors (Lipinski definition) is 0. The van der Waals surface area contributed by atoms with Crippen molar-refractivity contribution in [3.05, 3.63) is 23.8 Å². The topological polar surface area (TPSA) is 9.23 Å². The predicted octanol–water partition coefficient (Wildman–Crippen LogP) is 3.38. The summed E-state index contributed by atoms with van der Waals surface area (Å²) in [5, 5.41) is 0. The van der Waals surface area contributed by atoms with Gasteiger partial charge in [0.2, 0.25) is 0 Å². The van der Waals surface area contributed by atoms with Gasteiger partial charge < -0.3 is 17.7 Å². The van der Waals surface area contributed by atoms with Gasteiger partial charge in [0.15, 0.2) is 0 Å². The van der Waals surface area contributed by atoms with Crippen LogP contribution < -0.4 is 10.2 Å². The fourth-order valence-corrected chi connectivity index (χ4v) is 1.31. The van der Waals surface area contributed by atoms with Crippen LogP contribution in [-0.4, -0.2) is 19.8 Å². The van der Waals surface area contributed by atoms with Gasteiger partial charge in [-0.2, -0.15) is 13.2 Å². The molecule has 1 aromatic carbocycles. The van der Waals surface area contributed by atoms with Crippen molar-refractivity contribution in [2.75, 3.05) is 6.61 Å². The van der Waals surface area contributed by atoms with E-state index >= 15 is 0 Å². The average Bonchev–Trinajstić information content (AvgIpc) is 2.17. The van der Waals surface area contributed by atoms with Gasteiger partial charge in [0.1, 0.15) is 5.75 Å². The monoisotopic (exact) mass is 271 g/mol. The SMILES string of the molecule is Cc1cc([B-](F)(F)F)ccc1OCCC(F)(F)F. The molecule has 0 aliphatic rings. The lowest BCUT2D eigenvalue weighted by Crippen LogP contribution is -2.34. The number of benzene rings is 1. The summed E-state index contributed by atoms with van der Waals surface area (Å²) in [6.45, 7) is -4.37. The third kappa shape index (κ3) is 4.50. The standard InChI is InChI=1S/C10H10BF6O/c1-7-6-8(11(15,16)17)2-3-9(7)18-5-4-10(12,13)14/h2-3,6H,4-5H2,1H3/q-1. The Balaban J connectivity index is 2.69. The largest absolute Gasteiger partial charge is 0.509 e. The van der Waals surface area contributed by atoms with Gasteiger partial charge in [0, 0.05) is 0 Å². The van der Waals surface area contributed by atoms with E-state index in [4.69, 9.17) is 4.74 Å². The van der Waals surface area contributed by atoms with E-state index in [0.717, 1.165) is 18.2 Å². The lowest BCUT2D eigenvalue weighted by molar-refractivity contribution is -0.139. The molecule has 0 fully saturated rings. The Hall–Kier alpha value is -1.34. The minimum atomic E-state index is -5.11. The van der Waals surface area contributed by atoms with Crippen LogP contribution in [0.2, 0.25) is 0 Å². The van der Waals surface area contributed by atoms with Gasteiger partial charge >= 0.3 is 13.2 Å². The molecule has 0 spiro atoms. The second-order valence-corrected chi connectivity index (χ2v) is 3.81. The second kappa shape index (κ2) is 5.11. The zero-order chi connectivity index (χ0) is 14.0. The summed E-state index contributed by atoms with van der Waals surface area (Å²) in [6, 6.07) is 2.70. The summed E-state index contributed by atoms with van der Waals surface area (Å²) in [5.74, 6) is 0.0306. The second-order valence-electron chi connectivity index (χ2n) is 3.81. The van der Waals surface area contributed by atoms with Crippen molar-refractivity contribution in [3.8, 4) is 5.75 Å². The summed E-state index contributed by atoms with van der Waals surface area (Å²) in [5.41, 5.74) is -0.635. The molecule has 0 amide bonds. The van der Waals surface area contributed by atoms with E-state index in [0.29, 0.717) is 0 Å². The van der Waals surface area contributed by atoms with Crippen molar-refractivity contribution in [2.24, 2.45) is 0 Å². The molecule has 0 radical (unpaired) electrons. The van der Waals surface area contributed by atoms with Gasteiger partial charge in [-0.3, -0.25) is 0 Å². The Kier molecular flexibility index (Phi) is 4.18. The van der Waals surface area contributed by atoms with Crippen LogP contribution in [0.1, 0.15) is 12.0 Å². The average molecular weight is 271 g/mol. The van der Waals surface area contributed by atoms with E-state index in [1.54, 1.807) is 0 Å². The maximum atomic E-state index is 12.4. The molecule has 1 rings (SSSR count). The minimum absolute atomic E-state index is 0.0306. The molecule has 0 N–H and O–H groups in total. The molecule has 8 heteroatoms. The lowest BCUT2D eigenvalue weighted by atomic mass is 9.79. The predicted molar refractivity (Wildman–Crippen MR) is 56.1 cm³/mol. The zero-order valence-electron chi connectivity index (χ0n) is 9.40. The molecule has 0 saturated carbocycles. The van der Waals surface area contributed by atoms with Crippen molar-refractivity contribution in [1.29, 1.82) is 0 Å². The van der Waals surface area contributed by atoms with Crippen LogP contribution in [-0.2, 0) is 0 Å². The van der Waals surface area contributed by atoms with E-state index < -0.39 is 31.6 Å². The Morgan fingerprint density at radius 3 is 2.22 bits per heavy atom. The van der Waals surface area contributed by atoms with E-state index in [-0.39, 0.29) is 11.3 Å². The Labute approximate surface area is 99.8 Å². The van der Waals surface area contributed by atoms with Crippen LogP contribution in [0.15, 0.2) is 18.2 Å². The van der Waals surface area contributed by atoms with Gasteiger partial charge in [-0.1, -0.05) is 12.1 Å². The molecule has 0 atom stereocenters. The quantitative estimate of drug-likeness (QED) is 0.602.